The maximum absolute atomic E-state index is 11.4. The smallest absolute Gasteiger partial charge is 0.159 e. The Balaban J connectivity index is 1.99. The molecule has 3 rings (SSSR count). The second-order valence-corrected chi connectivity index (χ2v) is 6.59. The van der Waals surface area contributed by atoms with E-state index in [9.17, 15) is 4.79 Å². The maximum Gasteiger partial charge on any atom is 0.159 e. The zero-order chi connectivity index (χ0) is 15.7. The van der Waals surface area contributed by atoms with Gasteiger partial charge in [-0.05, 0) is 25.1 Å². The summed E-state index contributed by atoms with van der Waals surface area (Å²) in [5.41, 5.74) is 0.261. The van der Waals surface area contributed by atoms with E-state index in [-0.39, 0.29) is 5.78 Å². The number of carbonyl (C=O) groups excluding carboxylic acids is 1. The normalized spacial score (nSPS) is 23.5. The molecule has 0 radical (unpaired) electrons. The fraction of sp³-hybridized carbons (Fsp3) is 0.353. The molecule has 4 nitrogen and oxygen atoms in total. The van der Waals surface area contributed by atoms with Crippen molar-refractivity contribution in [2.45, 2.75) is 25.4 Å². The molecule has 5 heteroatoms. The second-order valence-electron chi connectivity index (χ2n) is 5.68. The van der Waals surface area contributed by atoms with Crippen LogP contribution in [0.15, 0.2) is 40.6 Å². The molecule has 1 aromatic carbocycles. The first-order valence-corrected chi connectivity index (χ1v) is 7.90. The molecule has 1 aliphatic carbocycles. The Kier molecular flexibility index (Phi) is 4.10. The topological polar surface area (TPSA) is 44.8 Å². The molecular formula is C17H17BrO4. The molecule has 0 saturated carbocycles. The summed E-state index contributed by atoms with van der Waals surface area (Å²) in [5, 5.41) is 0. The average Bonchev–Trinajstić information content (AvgIpc) is 2.85. The van der Waals surface area contributed by atoms with E-state index in [0.717, 1.165) is 15.8 Å². The monoisotopic (exact) mass is 364 g/mol. The molecule has 0 aromatic heterocycles. The summed E-state index contributed by atoms with van der Waals surface area (Å²) in [6.07, 6.45) is 4.64. The van der Waals surface area contributed by atoms with Crippen LogP contribution in [0.1, 0.15) is 25.3 Å². The highest BCUT2D eigenvalue weighted by Crippen LogP contribution is 2.40. The van der Waals surface area contributed by atoms with Gasteiger partial charge in [0.15, 0.2) is 11.4 Å². The highest BCUT2D eigenvalue weighted by atomic mass is 79.9. The van der Waals surface area contributed by atoms with Crippen LogP contribution in [0.25, 0.3) is 5.76 Å². The van der Waals surface area contributed by atoms with E-state index in [1.54, 1.807) is 13.2 Å². The number of carbonyl (C=O) groups is 1. The molecule has 0 spiro atoms. The van der Waals surface area contributed by atoms with Crippen LogP contribution < -0.4 is 4.74 Å². The van der Waals surface area contributed by atoms with Crippen LogP contribution in [0.5, 0.6) is 5.75 Å². The van der Waals surface area contributed by atoms with Gasteiger partial charge in [0.05, 0.1) is 12.2 Å². The van der Waals surface area contributed by atoms with E-state index >= 15 is 0 Å². The summed E-state index contributed by atoms with van der Waals surface area (Å²) in [6.45, 7) is 2.35. The number of allylic oxidation sites excluding steroid dienone is 2. The minimum atomic E-state index is -0.603. The lowest BCUT2D eigenvalue weighted by molar-refractivity contribution is -0.114. The van der Waals surface area contributed by atoms with Crippen LogP contribution >= 0.6 is 15.9 Å². The van der Waals surface area contributed by atoms with Gasteiger partial charge in [-0.25, -0.2) is 0 Å². The highest BCUT2D eigenvalue weighted by molar-refractivity contribution is 9.10. The molecule has 1 aliphatic heterocycles. The van der Waals surface area contributed by atoms with Crippen molar-refractivity contribution in [1.82, 2.24) is 0 Å². The summed E-state index contributed by atoms with van der Waals surface area (Å²) < 4.78 is 18.2. The van der Waals surface area contributed by atoms with Crippen LogP contribution in [-0.4, -0.2) is 25.1 Å². The summed E-state index contributed by atoms with van der Waals surface area (Å²) >= 11 is 3.47. The lowest BCUT2D eigenvalue weighted by Crippen LogP contribution is -2.38. The van der Waals surface area contributed by atoms with Gasteiger partial charge in [-0.15, -0.1) is 0 Å². The zero-order valence-electron chi connectivity index (χ0n) is 12.5. The number of halogens is 1. The molecule has 0 amide bonds. The molecule has 116 valence electrons. The highest BCUT2D eigenvalue weighted by Gasteiger charge is 2.33. The molecule has 0 N–H and O–H groups in total. The number of ether oxygens (including phenoxy) is 3. The number of fused-ring (bicyclic) bond motifs is 1. The maximum atomic E-state index is 11.4. The molecule has 22 heavy (non-hydrogen) atoms. The number of benzene rings is 1. The Morgan fingerprint density at radius 3 is 2.86 bits per heavy atom. The van der Waals surface area contributed by atoms with Gasteiger partial charge in [0, 0.05) is 36.6 Å². The van der Waals surface area contributed by atoms with Crippen molar-refractivity contribution in [3.8, 4) is 5.75 Å². The average molecular weight is 365 g/mol. The molecule has 1 aromatic rings. The van der Waals surface area contributed by atoms with Gasteiger partial charge in [-0.3, -0.25) is 4.79 Å². The molecule has 0 bridgehead atoms. The number of ketones is 1. The lowest BCUT2D eigenvalue weighted by atomic mass is 9.99. The first-order valence-electron chi connectivity index (χ1n) is 7.11. The molecule has 1 atom stereocenters. The van der Waals surface area contributed by atoms with Crippen LogP contribution in [0.2, 0.25) is 0 Å². The van der Waals surface area contributed by atoms with E-state index in [2.05, 4.69) is 15.9 Å². The Morgan fingerprint density at radius 1 is 1.36 bits per heavy atom. The van der Waals surface area contributed by atoms with Crippen molar-refractivity contribution in [2.24, 2.45) is 0 Å². The third kappa shape index (κ3) is 3.10. The summed E-state index contributed by atoms with van der Waals surface area (Å²) in [5.74, 6) is 2.24. The molecule has 0 fully saturated rings. The van der Waals surface area contributed by atoms with Gasteiger partial charge in [-0.1, -0.05) is 15.9 Å². The SMILES string of the molecule is COCC1(C)C=C(OC2=CC(=O)CC2)c2cc(Br)ccc2O1. The first-order chi connectivity index (χ1) is 10.5. The predicted octanol–water partition coefficient (Wildman–Crippen LogP) is 3.85. The molecular weight excluding hydrogens is 348 g/mol. The van der Waals surface area contributed by atoms with E-state index in [1.807, 2.05) is 31.2 Å². The fourth-order valence-electron chi connectivity index (χ4n) is 2.65. The Bertz CT molecular complexity index is 677. The minimum absolute atomic E-state index is 0.108. The van der Waals surface area contributed by atoms with E-state index in [4.69, 9.17) is 14.2 Å². The van der Waals surface area contributed by atoms with Crippen molar-refractivity contribution >= 4 is 27.5 Å². The lowest BCUT2D eigenvalue weighted by Gasteiger charge is -2.33. The summed E-state index contributed by atoms with van der Waals surface area (Å²) in [7, 11) is 1.64. The summed E-state index contributed by atoms with van der Waals surface area (Å²) in [6, 6.07) is 5.77. The predicted molar refractivity (Wildman–Crippen MR) is 86.4 cm³/mol. The number of methoxy groups -OCH3 is 1. The molecule has 1 unspecified atom stereocenters. The summed E-state index contributed by atoms with van der Waals surface area (Å²) in [4.78, 5) is 11.4. The van der Waals surface area contributed by atoms with E-state index in [0.29, 0.717) is 31.0 Å². The Hall–Kier alpha value is -1.59. The third-order valence-electron chi connectivity index (χ3n) is 3.60. The number of hydrogen-bond acceptors (Lipinski definition) is 4. The first kappa shape index (κ1) is 15.3. The van der Waals surface area contributed by atoms with Crippen LogP contribution in [0.3, 0.4) is 0 Å². The zero-order valence-corrected chi connectivity index (χ0v) is 14.1. The fourth-order valence-corrected chi connectivity index (χ4v) is 3.01. The van der Waals surface area contributed by atoms with Gasteiger partial charge >= 0.3 is 0 Å². The largest absolute Gasteiger partial charge is 0.480 e. The van der Waals surface area contributed by atoms with Crippen molar-refractivity contribution in [3.63, 3.8) is 0 Å². The van der Waals surface area contributed by atoms with E-state index < -0.39 is 5.60 Å². The Labute approximate surface area is 137 Å². The standard InChI is InChI=1S/C17H17BrO4/c1-17(10-20-2)9-16(21-13-5-4-12(19)8-13)14-7-11(18)3-6-15(14)22-17/h3,6-9H,4-5,10H2,1-2H3. The number of hydrogen-bond donors (Lipinski definition) is 0. The van der Waals surface area contributed by atoms with Crippen LogP contribution in [-0.2, 0) is 14.3 Å². The van der Waals surface area contributed by atoms with Crippen LogP contribution in [0, 0.1) is 0 Å². The van der Waals surface area contributed by atoms with Gasteiger partial charge in [0.25, 0.3) is 0 Å². The quantitative estimate of drug-likeness (QED) is 0.813. The van der Waals surface area contributed by atoms with E-state index in [1.165, 1.54) is 0 Å². The van der Waals surface area contributed by atoms with Crippen molar-refractivity contribution < 1.29 is 19.0 Å². The second kappa shape index (κ2) is 5.89. The van der Waals surface area contributed by atoms with Gasteiger partial charge in [-0.2, -0.15) is 0 Å². The molecule has 1 heterocycles. The molecule has 0 saturated heterocycles. The van der Waals surface area contributed by atoms with Crippen molar-refractivity contribution in [2.75, 3.05) is 13.7 Å². The van der Waals surface area contributed by atoms with Gasteiger partial charge in [0.1, 0.15) is 17.3 Å². The third-order valence-corrected chi connectivity index (χ3v) is 4.09. The number of rotatable bonds is 4. The molecule has 2 aliphatic rings. The van der Waals surface area contributed by atoms with Gasteiger partial charge < -0.3 is 14.2 Å². The van der Waals surface area contributed by atoms with Crippen LogP contribution in [0.4, 0.5) is 0 Å². The minimum Gasteiger partial charge on any atom is -0.480 e. The Morgan fingerprint density at radius 2 is 2.18 bits per heavy atom. The van der Waals surface area contributed by atoms with Crippen molar-refractivity contribution in [3.05, 3.63) is 46.1 Å². The van der Waals surface area contributed by atoms with Crippen molar-refractivity contribution in [1.29, 1.82) is 0 Å². The van der Waals surface area contributed by atoms with Gasteiger partial charge in [0.2, 0.25) is 0 Å².